The second-order valence-electron chi connectivity index (χ2n) is 10.7. The Balaban J connectivity index is 0.000000262. The van der Waals surface area contributed by atoms with Crippen molar-refractivity contribution in [3.63, 3.8) is 0 Å². The van der Waals surface area contributed by atoms with Crippen LogP contribution in [0.5, 0.6) is 0 Å². The Hall–Kier alpha value is -4.82. The molecule has 0 unspecified atom stereocenters. The van der Waals surface area contributed by atoms with Gasteiger partial charge in [-0.3, -0.25) is 18.2 Å². The van der Waals surface area contributed by atoms with E-state index < -0.39 is 0 Å². The van der Waals surface area contributed by atoms with E-state index in [4.69, 9.17) is 67.5 Å². The van der Waals surface area contributed by atoms with Crippen LogP contribution in [0.4, 0.5) is 23.0 Å². The molecule has 20 nitrogen and oxygen atoms in total. The molecule has 0 saturated carbocycles. The van der Waals surface area contributed by atoms with Crippen LogP contribution in [0, 0.1) is 0 Å². The molecule has 0 amide bonds. The number of anilines is 4. The van der Waals surface area contributed by atoms with Crippen LogP contribution < -0.4 is 16.8 Å². The van der Waals surface area contributed by atoms with E-state index in [2.05, 4.69) is 116 Å². The van der Waals surface area contributed by atoms with E-state index in [1.165, 1.54) is 19.3 Å². The number of nitrogen functional groups attached to an aromatic ring is 2. The van der Waals surface area contributed by atoms with Crippen LogP contribution in [0.15, 0.2) is 108 Å². The van der Waals surface area contributed by atoms with Gasteiger partial charge >= 0.3 is 0 Å². The number of hydrogen-bond donors (Lipinski definition) is 3. The van der Waals surface area contributed by atoms with Crippen molar-refractivity contribution in [2.24, 2.45) is 14.1 Å². The number of fused-ring (bicyclic) bond motifs is 3. The van der Waals surface area contributed by atoms with Crippen molar-refractivity contribution in [2.75, 3.05) is 22.7 Å². The molecule has 0 aliphatic rings. The Morgan fingerprint density at radius 1 is 0.645 bits per heavy atom. The lowest BCUT2D eigenvalue weighted by molar-refractivity contribution is -0.106. The molecule has 9 rings (SSSR count). The average molecular weight is 1190 g/mol. The number of imidazole rings is 3. The number of nitrogens with one attached hydrogen (secondary N) is 1. The lowest BCUT2D eigenvalue weighted by atomic mass is 10.5. The third-order valence-electron chi connectivity index (χ3n) is 6.43. The van der Waals surface area contributed by atoms with E-state index in [0.29, 0.717) is 39.4 Å². The monoisotopic (exact) mass is 1180 g/mol. The zero-order valence-electron chi connectivity index (χ0n) is 32.3. The number of aryl methyl sites for hydroxylation is 2. The summed E-state index contributed by atoms with van der Waals surface area (Å²) in [5.74, 6) is 1.08. The maximum atomic E-state index is 9.04. The van der Waals surface area contributed by atoms with Crippen LogP contribution in [-0.4, -0.2) is 91.1 Å². The standard InChI is InChI=1S/C10H9BrN6.C6H3BrClN3.C6H4ClN3.C4H4ClN3.C4H7N3.C2H3ClO.C2H4O.Br2/c1-16-6-7(4-14-16)15-9-10-13-5-8(11)17(10)3-2-12-9;7-4-3-10-6-5(8)9-1-2-11(4)6;7-5-6-9-2-4-10(6)3-1-8-5;5-3-4(6)8-2-1-7-3;1-7-3-4(5)2-6-7;3-1-2-4;1-2-3;1-2/h2-6H,1H3,(H,12,15);1-3H;1-4H;1-2H,(H2,6,8);2-3H,5H2,1H3;2H,1H2;2H,1H3;. The quantitative estimate of drug-likeness (QED) is 0.111. The van der Waals surface area contributed by atoms with E-state index in [9.17, 15) is 0 Å². The number of halogens is 8. The lowest BCUT2D eigenvalue weighted by Crippen LogP contribution is -1.97. The minimum atomic E-state index is 0.111. The molecule has 0 bridgehead atoms. The highest BCUT2D eigenvalue weighted by atomic mass is 80.9. The normalized spacial score (nSPS) is 9.53. The first-order chi connectivity index (χ1) is 29.8. The highest BCUT2D eigenvalue weighted by Crippen LogP contribution is 2.21. The first-order valence-corrected chi connectivity index (χ1v) is 23.6. The summed E-state index contributed by atoms with van der Waals surface area (Å²) in [6.07, 6.45) is 28.7. The molecule has 0 aliphatic carbocycles. The molecule has 0 aliphatic heterocycles. The van der Waals surface area contributed by atoms with Gasteiger partial charge in [-0.25, -0.2) is 39.9 Å². The predicted molar refractivity (Wildman–Crippen MR) is 256 cm³/mol. The molecule has 9 heterocycles. The summed E-state index contributed by atoms with van der Waals surface area (Å²) in [5, 5.41) is 12.2. The van der Waals surface area contributed by atoms with Gasteiger partial charge in [-0.05, 0) is 38.8 Å². The molecule has 0 spiro atoms. The van der Waals surface area contributed by atoms with Gasteiger partial charge in [0.25, 0.3) is 0 Å². The summed E-state index contributed by atoms with van der Waals surface area (Å²) in [5.41, 5.74) is 14.2. The molecule has 28 heteroatoms. The Labute approximate surface area is 405 Å². The second kappa shape index (κ2) is 29.5. The summed E-state index contributed by atoms with van der Waals surface area (Å²) >= 11 is 33.9. The molecule has 0 atom stereocenters. The van der Waals surface area contributed by atoms with Crippen LogP contribution in [0.2, 0.25) is 15.5 Å². The zero-order chi connectivity index (χ0) is 46.0. The maximum absolute atomic E-state index is 9.04. The Morgan fingerprint density at radius 2 is 1.13 bits per heavy atom. The topological polar surface area (TPSA) is 250 Å². The number of rotatable bonds is 3. The van der Waals surface area contributed by atoms with Gasteiger partial charge in [0.05, 0.1) is 42.0 Å². The van der Waals surface area contributed by atoms with Crippen LogP contribution >= 0.6 is 107 Å². The number of carbonyl (C=O) groups excluding carboxylic acids is 2. The van der Waals surface area contributed by atoms with Gasteiger partial charge in [0.15, 0.2) is 44.0 Å². The first kappa shape index (κ1) is 53.3. The van der Waals surface area contributed by atoms with Crippen molar-refractivity contribution in [3.05, 3.63) is 124 Å². The smallest absolute Gasteiger partial charge is 0.181 e. The van der Waals surface area contributed by atoms with Crippen molar-refractivity contribution in [2.45, 2.75) is 6.92 Å². The van der Waals surface area contributed by atoms with Crippen molar-refractivity contribution >= 4 is 159 Å². The van der Waals surface area contributed by atoms with Crippen LogP contribution in [0.25, 0.3) is 16.9 Å². The van der Waals surface area contributed by atoms with Crippen molar-refractivity contribution in [3.8, 4) is 0 Å². The van der Waals surface area contributed by atoms with Crippen molar-refractivity contribution in [1.82, 2.24) is 72.6 Å². The molecule has 328 valence electrons. The summed E-state index contributed by atoms with van der Waals surface area (Å²) < 4.78 is 10.7. The molecular formula is C34H34Br4Cl4N18O2. The number of nitrogens with two attached hydrogens (primary N) is 2. The number of nitrogens with zero attached hydrogens (tertiary/aromatic N) is 15. The molecule has 0 fully saturated rings. The third-order valence-corrected chi connectivity index (χ3v) is 8.55. The largest absolute Gasteiger partial charge is 0.396 e. The Bertz CT molecular complexity index is 2650. The molecule has 5 N–H and O–H groups in total. The molecule has 62 heavy (non-hydrogen) atoms. The third kappa shape index (κ3) is 17.9. The predicted octanol–water partition coefficient (Wildman–Crippen LogP) is 8.53. The minimum Gasteiger partial charge on any atom is -0.396 e. The first-order valence-electron chi connectivity index (χ1n) is 16.6. The highest BCUT2D eigenvalue weighted by Gasteiger charge is 2.08. The SMILES string of the molecule is BrBr.CC=O.Clc1nccn2c(Br)cnc12.Clc1nccn2ccnc12.Cn1cc(N)cn1.Cn1cc(Nc2nccn3c(Br)cnc23)cn1.Nc1nccnc1Cl.O=CCCl. The number of alkyl halides is 1. The molecule has 0 radical (unpaired) electrons. The summed E-state index contributed by atoms with van der Waals surface area (Å²) in [7, 11) is 3.70. The van der Waals surface area contributed by atoms with Gasteiger partial charge in [0.2, 0.25) is 0 Å². The number of aldehydes is 2. The zero-order valence-corrected chi connectivity index (χ0v) is 41.7. The highest BCUT2D eigenvalue weighted by molar-refractivity contribution is 9.93. The molecule has 0 aromatic carbocycles. The van der Waals surface area contributed by atoms with E-state index in [-0.39, 0.29) is 16.9 Å². The van der Waals surface area contributed by atoms with E-state index in [1.807, 2.05) is 45.9 Å². The summed E-state index contributed by atoms with van der Waals surface area (Å²) in [6.45, 7) is 1.44. The molecule has 9 aromatic heterocycles. The average Bonchev–Trinajstić information content (AvgIpc) is 4.13. The minimum absolute atomic E-state index is 0.111. The van der Waals surface area contributed by atoms with Gasteiger partial charge in [-0.15, -0.1) is 11.6 Å². The maximum Gasteiger partial charge on any atom is 0.181 e. The fraction of sp³-hybridized carbons (Fsp3) is 0.118. The lowest BCUT2D eigenvalue weighted by Gasteiger charge is -2.03. The number of aromatic nitrogens is 15. The molecule has 9 aromatic rings. The van der Waals surface area contributed by atoms with Crippen LogP contribution in [-0.2, 0) is 23.7 Å². The van der Waals surface area contributed by atoms with Crippen LogP contribution in [0.3, 0.4) is 0 Å². The van der Waals surface area contributed by atoms with Crippen LogP contribution in [0.1, 0.15) is 6.92 Å². The fourth-order valence-corrected chi connectivity index (χ4v) is 5.33. The Kier molecular flexibility index (Phi) is 25.3. The van der Waals surface area contributed by atoms with Gasteiger partial charge in [0.1, 0.15) is 21.8 Å². The second-order valence-corrected chi connectivity index (χ2v) is 13.7. The fourth-order valence-electron chi connectivity index (χ4n) is 4.05. The summed E-state index contributed by atoms with van der Waals surface area (Å²) in [4.78, 5) is 49.5. The number of hydrogen-bond acceptors (Lipinski definition) is 15. The van der Waals surface area contributed by atoms with Crippen molar-refractivity contribution < 1.29 is 9.59 Å². The number of carbonyl (C=O) groups is 2. The summed E-state index contributed by atoms with van der Waals surface area (Å²) in [6, 6.07) is 0. The van der Waals surface area contributed by atoms with Gasteiger partial charge in [0, 0.05) is 117 Å². The molecule has 0 saturated heterocycles. The Morgan fingerprint density at radius 3 is 1.58 bits per heavy atom. The van der Waals surface area contributed by atoms with Gasteiger partial charge in [-0.2, -0.15) is 10.2 Å². The van der Waals surface area contributed by atoms with E-state index >= 15 is 0 Å². The molecular weight excluding hydrogens is 1150 g/mol. The van der Waals surface area contributed by atoms with Crippen molar-refractivity contribution in [1.29, 1.82) is 0 Å². The van der Waals surface area contributed by atoms with Gasteiger partial charge < -0.3 is 30.8 Å². The van der Waals surface area contributed by atoms with E-state index in [0.717, 1.165) is 26.8 Å². The van der Waals surface area contributed by atoms with E-state index in [1.54, 1.807) is 77.5 Å². The van der Waals surface area contributed by atoms with Gasteiger partial charge in [-0.1, -0.05) is 34.8 Å².